The molecule has 0 radical (unpaired) electrons. The van der Waals surface area contributed by atoms with Crippen LogP contribution in [0.2, 0.25) is 0 Å². The van der Waals surface area contributed by atoms with Crippen LogP contribution in [0.5, 0.6) is 0 Å². The van der Waals surface area contributed by atoms with Crippen molar-refractivity contribution in [2.24, 2.45) is 0 Å². The Bertz CT molecular complexity index is 4360. The third-order valence-corrected chi connectivity index (χ3v) is 28.9. The number of rotatable bonds is 14. The van der Waals surface area contributed by atoms with E-state index in [0.29, 0.717) is 0 Å². The van der Waals surface area contributed by atoms with E-state index >= 15 is 0 Å². The zero-order valence-electron chi connectivity index (χ0n) is 52.6. The van der Waals surface area contributed by atoms with Gasteiger partial charge in [-0.15, -0.1) is 0 Å². The van der Waals surface area contributed by atoms with Crippen molar-refractivity contribution in [3.8, 4) is 22.3 Å². The van der Waals surface area contributed by atoms with Crippen molar-refractivity contribution in [3.05, 3.63) is 388 Å². The first kappa shape index (κ1) is 68.9. The zero-order chi connectivity index (χ0) is 61.4. The molecule has 8 heteroatoms. The Morgan fingerprint density at radius 2 is 0.271 bits per heavy atom. The normalized spacial score (nSPS) is 11.0. The number of hydrogen-bond acceptors (Lipinski definition) is 0. The molecule has 0 bridgehead atoms. The van der Waals surface area contributed by atoms with Crippen LogP contribution in [0.25, 0.3) is 65.3 Å². The molecule has 0 atom stereocenters. The molecule has 96 heavy (non-hydrogen) atoms. The van der Waals surface area contributed by atoms with E-state index in [-0.39, 0.29) is 53.1 Å². The quantitative estimate of drug-likeness (QED) is 0.0974. The molecule has 0 unspecified atom stereocenters. The third kappa shape index (κ3) is 14.2. The maximum atomic E-state index is 2.44. The van der Waals surface area contributed by atoms with E-state index in [1.54, 1.807) is 0 Å². The Morgan fingerprint density at radius 1 is 0.135 bits per heavy atom. The predicted molar refractivity (Wildman–Crippen MR) is 421 cm³/mol. The molecule has 0 heterocycles. The molecule has 16 aromatic rings. The first-order chi connectivity index (χ1) is 45.7. The molecule has 0 aromatic heterocycles. The molecule has 0 amide bonds. The average Bonchev–Trinajstić information content (AvgIpc) is 0.740. The Morgan fingerprint density at radius 3 is 0.427 bits per heavy atom. The van der Waals surface area contributed by atoms with E-state index in [9.17, 15) is 0 Å². The summed E-state index contributed by atoms with van der Waals surface area (Å²) in [6, 6.07) is 144. The second-order valence-corrected chi connectivity index (χ2v) is 33.0. The van der Waals surface area contributed by atoms with Gasteiger partial charge in [-0.3, -0.25) is 0 Å². The van der Waals surface area contributed by atoms with Gasteiger partial charge in [-0.05, 0) is 164 Å². The molecule has 4 N–H and O–H groups in total. The van der Waals surface area contributed by atoms with E-state index in [0.717, 1.165) is 0 Å². The van der Waals surface area contributed by atoms with E-state index in [2.05, 4.69) is 388 Å². The van der Waals surface area contributed by atoms with Crippen LogP contribution < -0.4 is 63.7 Å². The summed E-state index contributed by atoms with van der Waals surface area (Å²) >= 11 is 0. The van der Waals surface area contributed by atoms with Gasteiger partial charge in [0.1, 0.15) is 63.7 Å². The van der Waals surface area contributed by atoms with E-state index in [1.807, 2.05) is 0 Å². The van der Waals surface area contributed by atoms with Gasteiger partial charge in [0, 0.05) is 64.4 Å². The van der Waals surface area contributed by atoms with E-state index in [1.165, 1.54) is 129 Å². The minimum Gasteiger partial charge on any atom is -0.412 e. The summed E-state index contributed by atoms with van der Waals surface area (Å²) in [6.45, 7) is 0. The monoisotopic (exact) mass is 1670 g/mol. The summed E-state index contributed by atoms with van der Waals surface area (Å²) in [5.74, 6) is 0. The first-order valence-electron chi connectivity index (χ1n) is 31.7. The number of hydrogen-bond donors (Lipinski definition) is 0. The summed E-state index contributed by atoms with van der Waals surface area (Å²) in [5.41, 5.74) is 5.50. The van der Waals surface area contributed by atoms with Crippen LogP contribution in [-0.4, -0.2) is 11.0 Å². The maximum Gasteiger partial charge on any atom is 0.111 e. The smallest absolute Gasteiger partial charge is 0.111 e. The molecule has 0 fully saturated rings. The zero-order valence-corrected chi connectivity index (χ0v) is 61.1. The Balaban J connectivity index is 0.000000187. The van der Waals surface area contributed by atoms with Crippen LogP contribution in [-0.2, 0) is 42.1 Å². The van der Waals surface area contributed by atoms with Gasteiger partial charge in [-0.2, -0.15) is 0 Å². The van der Waals surface area contributed by atoms with Crippen molar-refractivity contribution in [2.45, 2.75) is 0 Å². The summed E-state index contributed by atoms with van der Waals surface area (Å²) in [4.78, 5) is 0. The third-order valence-electron chi connectivity index (χ3n) is 17.8. The van der Waals surface area contributed by atoms with E-state index in [4.69, 9.17) is 0 Å². The van der Waals surface area contributed by atoms with Crippen molar-refractivity contribution < 1.29 is 53.1 Å². The van der Waals surface area contributed by atoms with Crippen molar-refractivity contribution in [1.82, 2.24) is 0 Å². The Kier molecular flexibility index (Phi) is 23.4. The van der Waals surface area contributed by atoms with Gasteiger partial charge in [0.15, 0.2) is 0 Å². The van der Waals surface area contributed by atoms with Crippen molar-refractivity contribution in [3.63, 3.8) is 0 Å². The van der Waals surface area contributed by atoms with Crippen LogP contribution in [0.15, 0.2) is 388 Å². The molecule has 472 valence electrons. The van der Waals surface area contributed by atoms with Crippen molar-refractivity contribution in [1.29, 1.82) is 0 Å². The van der Waals surface area contributed by atoms with Gasteiger partial charge < -0.3 is 11.0 Å². The SMILES string of the molecule is O.O.[Pt].[Pt].c1ccc([PH+](c2ccccc2)c2ccc3ccccc3c2-c2c([PH+](c3ccccc3)c3ccccc3)ccc3ccccc23)cc1.c1ccc([PH+](c2ccccc2)c2ccc3ccccc3c2-c2c([PH+](c3ccccc3)c3ccccc3)ccc3ccccc23)cc1. The van der Waals surface area contributed by atoms with Gasteiger partial charge in [0.25, 0.3) is 0 Å². The molecular weight excluding hydrogens is 1600 g/mol. The van der Waals surface area contributed by atoms with Crippen LogP contribution >= 0.6 is 31.7 Å². The molecule has 0 saturated heterocycles. The largest absolute Gasteiger partial charge is 0.412 e. The molecule has 0 spiro atoms. The second-order valence-electron chi connectivity index (χ2n) is 23.3. The molecule has 2 nitrogen and oxygen atoms in total. The topological polar surface area (TPSA) is 63.0 Å². The average molecular weight is 1680 g/mol. The molecule has 16 rings (SSSR count). The molecule has 0 saturated carbocycles. The molecule has 0 aliphatic carbocycles. The first-order valence-corrected chi connectivity index (χ1v) is 37.7. The maximum absolute atomic E-state index is 2.44. The number of benzene rings is 16. The summed E-state index contributed by atoms with van der Waals surface area (Å²) in [6.07, 6.45) is 0. The molecule has 0 aliphatic rings. The summed E-state index contributed by atoms with van der Waals surface area (Å²) < 4.78 is 0. The molecule has 0 aliphatic heterocycles. The molecule has 16 aromatic carbocycles. The van der Waals surface area contributed by atoms with Gasteiger partial charge >= 0.3 is 0 Å². The second kappa shape index (κ2) is 32.5. The summed E-state index contributed by atoms with van der Waals surface area (Å²) in [7, 11) is -5.48. The van der Waals surface area contributed by atoms with Crippen molar-refractivity contribution >= 4 is 138 Å². The van der Waals surface area contributed by atoms with Gasteiger partial charge in [0.05, 0.1) is 31.7 Å². The van der Waals surface area contributed by atoms with Crippen LogP contribution in [0.1, 0.15) is 0 Å². The minimum absolute atomic E-state index is 0. The van der Waals surface area contributed by atoms with Crippen LogP contribution in [0, 0.1) is 0 Å². The molecular formula is C88H72O2P4Pt2+4. The van der Waals surface area contributed by atoms with Crippen LogP contribution in [0.3, 0.4) is 0 Å². The fourth-order valence-corrected chi connectivity index (χ4v) is 24.8. The van der Waals surface area contributed by atoms with Crippen LogP contribution in [0.4, 0.5) is 0 Å². The summed E-state index contributed by atoms with van der Waals surface area (Å²) in [5, 5.41) is 27.3. The Hall–Kier alpha value is -8.42. The minimum atomic E-state index is -1.37. The van der Waals surface area contributed by atoms with Crippen molar-refractivity contribution in [2.75, 3.05) is 0 Å². The van der Waals surface area contributed by atoms with Gasteiger partial charge in [-0.25, -0.2) is 0 Å². The fourth-order valence-electron chi connectivity index (χ4n) is 13.7. The van der Waals surface area contributed by atoms with Gasteiger partial charge in [-0.1, -0.05) is 267 Å². The standard InChI is InChI=1S/2C44H32P2.2H2O.2Pt/c2*1-5-19-35(20-6-1)45(36-21-7-2-8-22-36)41-31-29-33-17-13-15-27-39(33)43(41)44-40-28-16-14-18-34(40)30-32-42(44)46(37-23-9-3-10-24-37)38-25-11-4-12-26-38;;;;/h2*1-32H;2*1H2;;/p+4. The van der Waals surface area contributed by atoms with Gasteiger partial charge in [0.2, 0.25) is 0 Å². The number of fused-ring (bicyclic) bond motifs is 4. The Labute approximate surface area is 597 Å². The fraction of sp³-hybridized carbons (Fsp3) is 0. The predicted octanol–water partition coefficient (Wildman–Crippen LogP) is 15.6. The van der Waals surface area contributed by atoms with E-state index < -0.39 is 31.7 Å².